The molecular formula is C15H11NO3. The summed E-state index contributed by atoms with van der Waals surface area (Å²) in [6.45, 7) is 0.416. The van der Waals surface area contributed by atoms with Crippen LogP contribution in [0.1, 0.15) is 26.3 Å². The number of hydrogen-bond acceptors (Lipinski definition) is 2. The molecule has 0 spiro atoms. The largest absolute Gasteiger partial charge is 0.478 e. The van der Waals surface area contributed by atoms with Gasteiger partial charge in [-0.1, -0.05) is 30.3 Å². The van der Waals surface area contributed by atoms with Crippen LogP contribution >= 0.6 is 0 Å². The second-order valence-electron chi connectivity index (χ2n) is 4.37. The lowest BCUT2D eigenvalue weighted by molar-refractivity contribution is 0.0697. The average molecular weight is 253 g/mol. The smallest absolute Gasteiger partial charge is 0.337 e. The zero-order valence-corrected chi connectivity index (χ0v) is 10.0. The standard InChI is InChI=1S/C15H11NO3/c17-14-11-6-2-1-5-10(11)9-16(14)13-8-4-3-7-12(13)15(18)19/h1-8H,9H2,(H,18,19). The first-order valence-electron chi connectivity index (χ1n) is 5.90. The number of fused-ring (bicyclic) bond motifs is 1. The van der Waals surface area contributed by atoms with E-state index in [0.717, 1.165) is 5.56 Å². The number of para-hydroxylation sites is 1. The molecule has 4 nitrogen and oxygen atoms in total. The van der Waals surface area contributed by atoms with Gasteiger partial charge in [0.2, 0.25) is 0 Å². The monoisotopic (exact) mass is 253 g/mol. The Morgan fingerprint density at radius 2 is 1.74 bits per heavy atom. The van der Waals surface area contributed by atoms with Crippen LogP contribution in [0.3, 0.4) is 0 Å². The molecule has 3 rings (SSSR count). The van der Waals surface area contributed by atoms with Crippen LogP contribution in [0.25, 0.3) is 0 Å². The summed E-state index contributed by atoms with van der Waals surface area (Å²) in [4.78, 5) is 25.0. The minimum absolute atomic E-state index is 0.142. The van der Waals surface area contributed by atoms with Crippen molar-refractivity contribution >= 4 is 17.6 Å². The normalized spacial score (nSPS) is 13.5. The van der Waals surface area contributed by atoms with Crippen LogP contribution in [-0.4, -0.2) is 17.0 Å². The molecule has 0 fully saturated rings. The van der Waals surface area contributed by atoms with Crippen molar-refractivity contribution in [2.75, 3.05) is 4.90 Å². The number of aromatic carboxylic acids is 1. The summed E-state index contributed by atoms with van der Waals surface area (Å²) < 4.78 is 0. The molecule has 0 radical (unpaired) electrons. The summed E-state index contributed by atoms with van der Waals surface area (Å²) in [5.41, 5.74) is 2.15. The molecule has 4 heteroatoms. The third-order valence-corrected chi connectivity index (χ3v) is 3.25. The Balaban J connectivity index is 2.07. The minimum Gasteiger partial charge on any atom is -0.478 e. The van der Waals surface area contributed by atoms with Crippen LogP contribution in [0.2, 0.25) is 0 Å². The van der Waals surface area contributed by atoms with Gasteiger partial charge in [-0.15, -0.1) is 0 Å². The van der Waals surface area contributed by atoms with E-state index in [4.69, 9.17) is 0 Å². The van der Waals surface area contributed by atoms with E-state index in [0.29, 0.717) is 17.8 Å². The molecule has 0 saturated heterocycles. The van der Waals surface area contributed by atoms with Crippen LogP contribution in [0.15, 0.2) is 48.5 Å². The molecule has 2 aromatic rings. The molecule has 0 unspecified atom stereocenters. The molecule has 1 N–H and O–H groups in total. The number of carboxylic acids is 1. The molecule has 0 saturated carbocycles. The van der Waals surface area contributed by atoms with Crippen molar-refractivity contribution < 1.29 is 14.7 Å². The fourth-order valence-electron chi connectivity index (χ4n) is 2.34. The third-order valence-electron chi connectivity index (χ3n) is 3.25. The predicted molar refractivity (Wildman–Crippen MR) is 70.4 cm³/mol. The van der Waals surface area contributed by atoms with Gasteiger partial charge in [-0.2, -0.15) is 0 Å². The van der Waals surface area contributed by atoms with Crippen LogP contribution < -0.4 is 4.90 Å². The lowest BCUT2D eigenvalue weighted by atomic mass is 10.1. The summed E-state index contributed by atoms with van der Waals surface area (Å²) in [5.74, 6) is -1.18. The van der Waals surface area contributed by atoms with Crippen molar-refractivity contribution in [2.45, 2.75) is 6.54 Å². The molecule has 1 aliphatic heterocycles. The summed E-state index contributed by atoms with van der Waals surface area (Å²) in [7, 11) is 0. The van der Waals surface area contributed by atoms with E-state index in [1.165, 1.54) is 11.0 Å². The molecule has 0 aliphatic carbocycles. The second-order valence-corrected chi connectivity index (χ2v) is 4.37. The van der Waals surface area contributed by atoms with Gasteiger partial charge in [0.1, 0.15) is 0 Å². The van der Waals surface area contributed by atoms with Crippen molar-refractivity contribution in [3.05, 3.63) is 65.2 Å². The number of nitrogens with zero attached hydrogens (tertiary/aromatic N) is 1. The van der Waals surface area contributed by atoms with Crippen molar-refractivity contribution in [1.82, 2.24) is 0 Å². The predicted octanol–water partition coefficient (Wildman–Crippen LogP) is 2.55. The van der Waals surface area contributed by atoms with Gasteiger partial charge in [-0.25, -0.2) is 4.79 Å². The van der Waals surface area contributed by atoms with Crippen molar-refractivity contribution in [3.63, 3.8) is 0 Å². The highest BCUT2D eigenvalue weighted by molar-refractivity contribution is 6.12. The molecule has 0 atom stereocenters. The number of carbonyl (C=O) groups is 2. The average Bonchev–Trinajstić information content (AvgIpc) is 2.76. The van der Waals surface area contributed by atoms with E-state index in [1.807, 2.05) is 18.2 Å². The van der Waals surface area contributed by atoms with E-state index >= 15 is 0 Å². The Morgan fingerprint density at radius 1 is 1.05 bits per heavy atom. The number of rotatable bonds is 2. The third kappa shape index (κ3) is 1.78. The number of benzene rings is 2. The Labute approximate surface area is 109 Å². The molecule has 2 aromatic carbocycles. The maximum Gasteiger partial charge on any atom is 0.337 e. The zero-order chi connectivity index (χ0) is 13.4. The highest BCUT2D eigenvalue weighted by Crippen LogP contribution is 2.30. The van der Waals surface area contributed by atoms with Crippen molar-refractivity contribution in [2.24, 2.45) is 0 Å². The highest BCUT2D eigenvalue weighted by atomic mass is 16.4. The number of anilines is 1. The zero-order valence-electron chi connectivity index (χ0n) is 10.0. The maximum atomic E-state index is 12.3. The van der Waals surface area contributed by atoms with Gasteiger partial charge in [0.05, 0.1) is 17.8 Å². The first-order chi connectivity index (χ1) is 9.18. The van der Waals surface area contributed by atoms with Crippen molar-refractivity contribution in [3.8, 4) is 0 Å². The van der Waals surface area contributed by atoms with Gasteiger partial charge in [0.15, 0.2) is 0 Å². The highest BCUT2D eigenvalue weighted by Gasteiger charge is 2.30. The molecular weight excluding hydrogens is 242 g/mol. The summed E-state index contributed by atoms with van der Waals surface area (Å²) in [5, 5.41) is 9.19. The molecule has 0 aromatic heterocycles. The summed E-state index contributed by atoms with van der Waals surface area (Å²) in [6.07, 6.45) is 0. The van der Waals surface area contributed by atoms with E-state index in [9.17, 15) is 14.7 Å². The molecule has 1 amide bonds. The Kier molecular flexibility index (Phi) is 2.56. The number of carboxylic acid groups (broad SMARTS) is 1. The lowest BCUT2D eigenvalue weighted by Crippen LogP contribution is -2.25. The fraction of sp³-hybridized carbons (Fsp3) is 0.0667. The molecule has 1 heterocycles. The maximum absolute atomic E-state index is 12.3. The summed E-state index contributed by atoms with van der Waals surface area (Å²) >= 11 is 0. The van der Waals surface area contributed by atoms with E-state index < -0.39 is 5.97 Å². The van der Waals surface area contributed by atoms with E-state index in [2.05, 4.69) is 0 Å². The topological polar surface area (TPSA) is 57.6 Å². The van der Waals surface area contributed by atoms with Gasteiger partial charge in [0.25, 0.3) is 5.91 Å². The second kappa shape index (κ2) is 4.24. The molecule has 0 bridgehead atoms. The van der Waals surface area contributed by atoms with Gasteiger partial charge < -0.3 is 10.0 Å². The van der Waals surface area contributed by atoms with Crippen LogP contribution in [0, 0.1) is 0 Å². The van der Waals surface area contributed by atoms with Crippen LogP contribution in [0.5, 0.6) is 0 Å². The van der Waals surface area contributed by atoms with Crippen LogP contribution in [0.4, 0.5) is 5.69 Å². The first-order valence-corrected chi connectivity index (χ1v) is 5.90. The van der Waals surface area contributed by atoms with Gasteiger partial charge in [-0.05, 0) is 23.8 Å². The fourth-order valence-corrected chi connectivity index (χ4v) is 2.34. The molecule has 19 heavy (non-hydrogen) atoms. The lowest BCUT2D eigenvalue weighted by Gasteiger charge is -2.17. The molecule has 94 valence electrons. The van der Waals surface area contributed by atoms with Gasteiger partial charge in [-0.3, -0.25) is 4.79 Å². The Hall–Kier alpha value is -2.62. The minimum atomic E-state index is -1.03. The molecule has 1 aliphatic rings. The number of carbonyl (C=O) groups excluding carboxylic acids is 1. The van der Waals surface area contributed by atoms with Gasteiger partial charge in [0, 0.05) is 5.56 Å². The van der Waals surface area contributed by atoms with E-state index in [-0.39, 0.29) is 11.5 Å². The van der Waals surface area contributed by atoms with Gasteiger partial charge >= 0.3 is 5.97 Å². The Bertz CT molecular complexity index is 679. The van der Waals surface area contributed by atoms with Crippen molar-refractivity contribution in [1.29, 1.82) is 0 Å². The number of hydrogen-bond donors (Lipinski definition) is 1. The Morgan fingerprint density at radius 3 is 2.47 bits per heavy atom. The quantitative estimate of drug-likeness (QED) is 0.894. The van der Waals surface area contributed by atoms with Crippen LogP contribution in [-0.2, 0) is 6.54 Å². The number of amides is 1. The summed E-state index contributed by atoms with van der Waals surface area (Å²) in [6, 6.07) is 13.9. The van der Waals surface area contributed by atoms with E-state index in [1.54, 1.807) is 24.3 Å². The SMILES string of the molecule is O=C(O)c1ccccc1N1Cc2ccccc2C1=O. The first kappa shape index (κ1) is 11.5.